The number of rotatable bonds is 4. The van der Waals surface area contributed by atoms with Crippen LogP contribution < -0.4 is 0 Å². The van der Waals surface area contributed by atoms with Crippen LogP contribution in [0.3, 0.4) is 0 Å². The summed E-state index contributed by atoms with van der Waals surface area (Å²) in [6, 6.07) is 4.79. The van der Waals surface area contributed by atoms with E-state index in [2.05, 4.69) is 9.88 Å². The van der Waals surface area contributed by atoms with Crippen molar-refractivity contribution >= 4 is 20.9 Å². The van der Waals surface area contributed by atoms with E-state index in [1.807, 2.05) is 0 Å². The van der Waals surface area contributed by atoms with Crippen LogP contribution in [0, 0.1) is 0 Å². The van der Waals surface area contributed by atoms with Gasteiger partial charge in [0.25, 0.3) is 0 Å². The summed E-state index contributed by atoms with van der Waals surface area (Å²) in [5, 5.41) is 9.51. The Morgan fingerprint density at radius 2 is 2.09 bits per heavy atom. The summed E-state index contributed by atoms with van der Waals surface area (Å²) in [4.78, 5) is 6.86. The zero-order valence-electron chi connectivity index (χ0n) is 12.5. The van der Waals surface area contributed by atoms with Crippen LogP contribution in [-0.2, 0) is 16.4 Å². The van der Waals surface area contributed by atoms with Crippen molar-refractivity contribution in [3.63, 3.8) is 0 Å². The topological polar surface area (TPSA) is 83.6 Å². The van der Waals surface area contributed by atoms with Crippen molar-refractivity contribution in [1.82, 2.24) is 9.88 Å². The van der Waals surface area contributed by atoms with Crippen LogP contribution in [0.15, 0.2) is 27.5 Å². The maximum Gasteiger partial charge on any atom is 0.209 e. The van der Waals surface area contributed by atoms with Gasteiger partial charge in [-0.2, -0.15) is 0 Å². The van der Waals surface area contributed by atoms with Gasteiger partial charge >= 0.3 is 0 Å². The Kier molecular flexibility index (Phi) is 4.20. The van der Waals surface area contributed by atoms with E-state index in [0.717, 1.165) is 25.9 Å². The molecule has 22 heavy (non-hydrogen) atoms. The van der Waals surface area contributed by atoms with Crippen molar-refractivity contribution in [2.24, 2.45) is 0 Å². The molecule has 1 fully saturated rings. The largest absolute Gasteiger partial charge is 0.439 e. The summed E-state index contributed by atoms with van der Waals surface area (Å²) < 4.78 is 29.5. The molecule has 1 aliphatic rings. The highest BCUT2D eigenvalue weighted by Gasteiger charge is 2.19. The van der Waals surface area contributed by atoms with Gasteiger partial charge in [-0.15, -0.1) is 0 Å². The van der Waals surface area contributed by atoms with E-state index in [0.29, 0.717) is 23.5 Å². The number of aromatic nitrogens is 1. The lowest BCUT2D eigenvalue weighted by Gasteiger charge is -2.28. The Labute approximate surface area is 129 Å². The quantitative estimate of drug-likeness (QED) is 0.919. The zero-order chi connectivity index (χ0) is 15.7. The fourth-order valence-electron chi connectivity index (χ4n) is 2.65. The lowest BCUT2D eigenvalue weighted by atomic mass is 10.1. The second-order valence-electron chi connectivity index (χ2n) is 5.65. The van der Waals surface area contributed by atoms with Crippen molar-refractivity contribution < 1.29 is 17.9 Å². The maximum absolute atomic E-state index is 11.9. The fourth-order valence-corrected chi connectivity index (χ4v) is 3.55. The molecule has 7 heteroatoms. The standard InChI is InChI=1S/C15H20N2O4S/c1-2-22(19,20)12-3-4-14-13(9-12)16-15(21-14)10-17-7-5-11(18)6-8-17/h3-4,9,11,18H,2,5-8,10H2,1H3. The molecular formula is C15H20N2O4S. The molecule has 2 aromatic rings. The normalized spacial score (nSPS) is 18.1. The lowest BCUT2D eigenvalue weighted by molar-refractivity contribution is 0.0754. The van der Waals surface area contributed by atoms with E-state index in [9.17, 15) is 13.5 Å². The van der Waals surface area contributed by atoms with Crippen LogP contribution in [0.4, 0.5) is 0 Å². The molecule has 0 radical (unpaired) electrons. The number of aliphatic hydroxyl groups excluding tert-OH is 1. The molecule has 1 aliphatic heterocycles. The third-order valence-corrected chi connectivity index (χ3v) is 5.79. The molecule has 0 amide bonds. The van der Waals surface area contributed by atoms with Crippen molar-refractivity contribution in [3.8, 4) is 0 Å². The number of fused-ring (bicyclic) bond motifs is 1. The summed E-state index contributed by atoms with van der Waals surface area (Å²) in [5.74, 6) is 0.650. The minimum absolute atomic E-state index is 0.0688. The molecule has 0 aliphatic carbocycles. The molecule has 1 saturated heterocycles. The zero-order valence-corrected chi connectivity index (χ0v) is 13.3. The Bertz CT molecular complexity index is 761. The summed E-state index contributed by atoms with van der Waals surface area (Å²) in [5.41, 5.74) is 1.17. The average molecular weight is 324 g/mol. The Hall–Kier alpha value is -1.44. The summed E-state index contributed by atoms with van der Waals surface area (Å²) in [7, 11) is -3.23. The first-order chi connectivity index (χ1) is 10.5. The number of piperidine rings is 1. The number of nitrogens with zero attached hydrogens (tertiary/aromatic N) is 2. The van der Waals surface area contributed by atoms with Crippen molar-refractivity contribution in [2.75, 3.05) is 18.8 Å². The van der Waals surface area contributed by atoms with Gasteiger partial charge in [-0.25, -0.2) is 13.4 Å². The van der Waals surface area contributed by atoms with Gasteiger partial charge in [0.2, 0.25) is 5.89 Å². The lowest BCUT2D eigenvalue weighted by Crippen LogP contribution is -2.35. The minimum atomic E-state index is -3.23. The molecule has 1 N–H and O–H groups in total. The first-order valence-corrected chi connectivity index (χ1v) is 9.16. The monoisotopic (exact) mass is 324 g/mol. The van der Waals surface area contributed by atoms with E-state index in [1.54, 1.807) is 25.1 Å². The van der Waals surface area contributed by atoms with E-state index in [-0.39, 0.29) is 16.8 Å². The third kappa shape index (κ3) is 3.16. The SMILES string of the molecule is CCS(=O)(=O)c1ccc2oc(CN3CCC(O)CC3)nc2c1. The number of hydrogen-bond acceptors (Lipinski definition) is 6. The van der Waals surface area contributed by atoms with Crippen LogP contribution in [0.2, 0.25) is 0 Å². The molecule has 0 spiro atoms. The van der Waals surface area contributed by atoms with Gasteiger partial charge in [-0.3, -0.25) is 4.90 Å². The van der Waals surface area contributed by atoms with Crippen LogP contribution in [0.1, 0.15) is 25.7 Å². The summed E-state index contributed by atoms with van der Waals surface area (Å²) in [6.45, 7) is 3.83. The first kappa shape index (κ1) is 15.5. The fraction of sp³-hybridized carbons (Fsp3) is 0.533. The van der Waals surface area contributed by atoms with Crippen molar-refractivity contribution in [2.45, 2.75) is 37.3 Å². The first-order valence-electron chi connectivity index (χ1n) is 7.50. The summed E-state index contributed by atoms with van der Waals surface area (Å²) >= 11 is 0. The molecule has 0 bridgehead atoms. The molecule has 1 aromatic heterocycles. The smallest absolute Gasteiger partial charge is 0.209 e. The van der Waals surface area contributed by atoms with Crippen LogP contribution in [-0.4, -0.2) is 48.4 Å². The van der Waals surface area contributed by atoms with Crippen LogP contribution >= 0.6 is 0 Å². The second kappa shape index (κ2) is 5.98. The minimum Gasteiger partial charge on any atom is -0.439 e. The number of hydrogen-bond donors (Lipinski definition) is 1. The van der Waals surface area contributed by atoms with Gasteiger partial charge < -0.3 is 9.52 Å². The Morgan fingerprint density at radius 3 is 2.77 bits per heavy atom. The molecule has 120 valence electrons. The number of sulfone groups is 1. The van der Waals surface area contributed by atoms with E-state index in [1.165, 1.54) is 0 Å². The van der Waals surface area contributed by atoms with E-state index in [4.69, 9.17) is 4.42 Å². The van der Waals surface area contributed by atoms with E-state index < -0.39 is 9.84 Å². The number of likely N-dealkylation sites (tertiary alicyclic amines) is 1. The predicted octanol–water partition coefficient (Wildman–Crippen LogP) is 1.58. The number of oxazole rings is 1. The third-order valence-electron chi connectivity index (χ3n) is 4.06. The van der Waals surface area contributed by atoms with Crippen molar-refractivity contribution in [1.29, 1.82) is 0 Å². The van der Waals surface area contributed by atoms with Gasteiger partial charge in [0.15, 0.2) is 15.4 Å². The molecule has 1 aromatic carbocycles. The number of aliphatic hydroxyl groups is 1. The molecule has 2 heterocycles. The molecular weight excluding hydrogens is 304 g/mol. The molecule has 0 unspecified atom stereocenters. The second-order valence-corrected chi connectivity index (χ2v) is 7.93. The van der Waals surface area contributed by atoms with Gasteiger partial charge in [-0.1, -0.05) is 6.92 Å². The van der Waals surface area contributed by atoms with E-state index >= 15 is 0 Å². The highest BCUT2D eigenvalue weighted by molar-refractivity contribution is 7.91. The molecule has 0 atom stereocenters. The Morgan fingerprint density at radius 1 is 1.36 bits per heavy atom. The molecule has 3 rings (SSSR count). The predicted molar refractivity (Wildman–Crippen MR) is 82.3 cm³/mol. The highest BCUT2D eigenvalue weighted by Crippen LogP contribution is 2.22. The summed E-state index contributed by atoms with van der Waals surface area (Å²) in [6.07, 6.45) is 1.32. The Balaban J connectivity index is 1.81. The van der Waals surface area contributed by atoms with Gasteiger partial charge in [-0.05, 0) is 31.0 Å². The highest BCUT2D eigenvalue weighted by atomic mass is 32.2. The van der Waals surface area contributed by atoms with Gasteiger partial charge in [0.05, 0.1) is 23.3 Å². The van der Waals surface area contributed by atoms with Crippen LogP contribution in [0.5, 0.6) is 0 Å². The maximum atomic E-state index is 11.9. The van der Waals surface area contributed by atoms with Crippen molar-refractivity contribution in [3.05, 3.63) is 24.1 Å². The molecule has 0 saturated carbocycles. The van der Waals surface area contributed by atoms with Gasteiger partial charge in [0, 0.05) is 13.1 Å². The van der Waals surface area contributed by atoms with Gasteiger partial charge in [0.1, 0.15) is 5.52 Å². The number of benzene rings is 1. The van der Waals surface area contributed by atoms with Crippen LogP contribution in [0.25, 0.3) is 11.1 Å². The molecule has 6 nitrogen and oxygen atoms in total. The average Bonchev–Trinajstić information content (AvgIpc) is 2.91.